The second-order valence-electron chi connectivity index (χ2n) is 3.04. The number of hydrogen-bond acceptors (Lipinski definition) is 2. The molecule has 11 heavy (non-hydrogen) atoms. The molecule has 1 fully saturated rings. The topological polar surface area (TPSA) is 35.2 Å². The third-order valence-electron chi connectivity index (χ3n) is 2.15. The molecule has 1 aliphatic rings. The van der Waals surface area contributed by atoms with Crippen molar-refractivity contribution < 1.29 is 4.74 Å². The molecule has 1 saturated carbocycles. The number of nitrogens with two attached hydrogens (primary N) is 1. The zero-order chi connectivity index (χ0) is 8.10. The number of rotatable bonds is 3. The first kappa shape index (κ1) is 8.75. The van der Waals surface area contributed by atoms with Crippen molar-refractivity contribution in [2.24, 2.45) is 5.73 Å². The highest BCUT2D eigenvalue weighted by Crippen LogP contribution is 2.19. The van der Waals surface area contributed by atoms with E-state index in [1.54, 1.807) is 0 Å². The summed E-state index contributed by atoms with van der Waals surface area (Å²) in [6, 6.07) is 0.278. The van der Waals surface area contributed by atoms with Crippen LogP contribution in [0.25, 0.3) is 0 Å². The predicted octanol–water partition coefficient (Wildman–Crippen LogP) is 1.46. The summed E-state index contributed by atoms with van der Waals surface area (Å²) in [6.07, 6.45) is 7.82. The summed E-state index contributed by atoms with van der Waals surface area (Å²) in [6.45, 7) is 2.72. The van der Waals surface area contributed by atoms with E-state index < -0.39 is 0 Å². The molecule has 0 heterocycles. The van der Waals surface area contributed by atoms with Crippen LogP contribution in [-0.2, 0) is 4.74 Å². The lowest BCUT2D eigenvalue weighted by Gasteiger charge is -2.14. The summed E-state index contributed by atoms with van der Waals surface area (Å²) in [7, 11) is 0. The minimum Gasteiger partial charge on any atom is -0.373 e. The van der Waals surface area contributed by atoms with E-state index in [-0.39, 0.29) is 6.04 Å². The maximum Gasteiger partial charge on any atom is 0.0730 e. The van der Waals surface area contributed by atoms with E-state index in [1.807, 2.05) is 19.1 Å². The maximum absolute atomic E-state index is 5.81. The molecule has 0 radical (unpaired) electrons. The van der Waals surface area contributed by atoms with Gasteiger partial charge in [-0.25, -0.2) is 0 Å². The molecule has 0 aliphatic heterocycles. The fourth-order valence-electron chi connectivity index (χ4n) is 1.44. The largest absolute Gasteiger partial charge is 0.373 e. The zero-order valence-electron chi connectivity index (χ0n) is 7.12. The third kappa shape index (κ3) is 2.64. The van der Waals surface area contributed by atoms with Crippen LogP contribution in [0.15, 0.2) is 12.2 Å². The van der Waals surface area contributed by atoms with Gasteiger partial charge in [0.25, 0.3) is 0 Å². The highest BCUT2D eigenvalue weighted by Gasteiger charge is 2.23. The smallest absolute Gasteiger partial charge is 0.0730 e. The summed E-state index contributed by atoms with van der Waals surface area (Å²) >= 11 is 0. The first-order chi connectivity index (χ1) is 5.34. The molecule has 0 bridgehead atoms. The average molecular weight is 155 g/mol. The Morgan fingerprint density at radius 2 is 2.36 bits per heavy atom. The Hall–Kier alpha value is -0.340. The SMILES string of the molecule is C/C=C/COC1CCCC1N. The van der Waals surface area contributed by atoms with Gasteiger partial charge in [0, 0.05) is 6.04 Å². The van der Waals surface area contributed by atoms with Gasteiger partial charge in [-0.05, 0) is 26.2 Å². The lowest BCUT2D eigenvalue weighted by Crippen LogP contribution is -2.31. The van der Waals surface area contributed by atoms with Crippen molar-refractivity contribution in [3.63, 3.8) is 0 Å². The van der Waals surface area contributed by atoms with E-state index in [9.17, 15) is 0 Å². The Morgan fingerprint density at radius 3 is 2.91 bits per heavy atom. The van der Waals surface area contributed by atoms with Gasteiger partial charge in [0.1, 0.15) is 0 Å². The van der Waals surface area contributed by atoms with Gasteiger partial charge in [0.05, 0.1) is 12.7 Å². The molecule has 2 nitrogen and oxygen atoms in total. The van der Waals surface area contributed by atoms with Crippen molar-refractivity contribution >= 4 is 0 Å². The molecule has 2 heteroatoms. The van der Waals surface area contributed by atoms with Gasteiger partial charge < -0.3 is 10.5 Å². The Morgan fingerprint density at radius 1 is 1.55 bits per heavy atom. The third-order valence-corrected chi connectivity index (χ3v) is 2.15. The van der Waals surface area contributed by atoms with Crippen LogP contribution in [0, 0.1) is 0 Å². The molecule has 64 valence electrons. The summed E-state index contributed by atoms with van der Waals surface area (Å²) < 4.78 is 5.54. The van der Waals surface area contributed by atoms with E-state index in [4.69, 9.17) is 10.5 Å². The molecule has 0 aromatic heterocycles. The fraction of sp³-hybridized carbons (Fsp3) is 0.778. The minimum atomic E-state index is 0.278. The van der Waals surface area contributed by atoms with Crippen molar-refractivity contribution in [3.05, 3.63) is 12.2 Å². The predicted molar refractivity (Wildman–Crippen MR) is 46.4 cm³/mol. The Bertz CT molecular complexity index is 134. The highest BCUT2D eigenvalue weighted by atomic mass is 16.5. The van der Waals surface area contributed by atoms with Crippen molar-refractivity contribution in [2.75, 3.05) is 6.61 Å². The molecule has 0 aromatic rings. The first-order valence-corrected chi connectivity index (χ1v) is 4.33. The molecule has 2 atom stereocenters. The van der Waals surface area contributed by atoms with Crippen LogP contribution in [0.2, 0.25) is 0 Å². The molecule has 1 aliphatic carbocycles. The monoisotopic (exact) mass is 155 g/mol. The van der Waals surface area contributed by atoms with Gasteiger partial charge in [0.15, 0.2) is 0 Å². The van der Waals surface area contributed by atoms with Gasteiger partial charge in [0.2, 0.25) is 0 Å². The molecular weight excluding hydrogens is 138 g/mol. The van der Waals surface area contributed by atoms with Gasteiger partial charge in [-0.15, -0.1) is 0 Å². The molecule has 0 aromatic carbocycles. The molecule has 2 unspecified atom stereocenters. The average Bonchev–Trinajstić information content (AvgIpc) is 2.37. The standard InChI is InChI=1S/C9H17NO/c1-2-3-7-11-9-6-4-5-8(9)10/h2-3,8-9H,4-7,10H2,1H3/b3-2+. The summed E-state index contributed by atoms with van der Waals surface area (Å²) in [5, 5.41) is 0. The van der Waals surface area contributed by atoms with E-state index >= 15 is 0 Å². The van der Waals surface area contributed by atoms with E-state index in [0.717, 1.165) is 19.4 Å². The van der Waals surface area contributed by atoms with Crippen molar-refractivity contribution in [2.45, 2.75) is 38.3 Å². The lowest BCUT2D eigenvalue weighted by atomic mass is 10.2. The molecular formula is C9H17NO. The molecule has 2 N–H and O–H groups in total. The summed E-state index contributed by atoms with van der Waals surface area (Å²) in [5.41, 5.74) is 5.81. The summed E-state index contributed by atoms with van der Waals surface area (Å²) in [5.74, 6) is 0. The Balaban J connectivity index is 2.15. The fourth-order valence-corrected chi connectivity index (χ4v) is 1.44. The van der Waals surface area contributed by atoms with Gasteiger partial charge in [-0.1, -0.05) is 12.2 Å². The van der Waals surface area contributed by atoms with Crippen LogP contribution in [0.5, 0.6) is 0 Å². The first-order valence-electron chi connectivity index (χ1n) is 4.33. The van der Waals surface area contributed by atoms with E-state index in [1.165, 1.54) is 6.42 Å². The van der Waals surface area contributed by atoms with Gasteiger partial charge in [-0.2, -0.15) is 0 Å². The quantitative estimate of drug-likeness (QED) is 0.626. The zero-order valence-corrected chi connectivity index (χ0v) is 7.12. The number of ether oxygens (including phenoxy) is 1. The molecule has 0 spiro atoms. The Labute approximate surface area is 68.4 Å². The molecule has 1 rings (SSSR count). The minimum absolute atomic E-state index is 0.278. The van der Waals surface area contributed by atoms with Crippen molar-refractivity contribution in [1.29, 1.82) is 0 Å². The maximum atomic E-state index is 5.81. The molecule has 0 amide bonds. The Kier molecular flexibility index (Phi) is 3.60. The summed E-state index contributed by atoms with van der Waals surface area (Å²) in [4.78, 5) is 0. The highest BCUT2D eigenvalue weighted by molar-refractivity contribution is 4.83. The van der Waals surface area contributed by atoms with Crippen molar-refractivity contribution in [1.82, 2.24) is 0 Å². The molecule has 0 saturated heterocycles. The second-order valence-corrected chi connectivity index (χ2v) is 3.04. The normalized spacial score (nSPS) is 31.8. The van der Waals surface area contributed by atoms with Crippen LogP contribution < -0.4 is 5.73 Å². The van der Waals surface area contributed by atoms with E-state index in [2.05, 4.69) is 0 Å². The number of allylic oxidation sites excluding steroid dienone is 1. The van der Waals surface area contributed by atoms with Crippen LogP contribution in [0.4, 0.5) is 0 Å². The van der Waals surface area contributed by atoms with Crippen LogP contribution in [-0.4, -0.2) is 18.8 Å². The lowest BCUT2D eigenvalue weighted by molar-refractivity contribution is 0.0685. The van der Waals surface area contributed by atoms with Crippen LogP contribution in [0.3, 0.4) is 0 Å². The van der Waals surface area contributed by atoms with Crippen LogP contribution >= 0.6 is 0 Å². The van der Waals surface area contributed by atoms with Gasteiger partial charge in [-0.3, -0.25) is 0 Å². The van der Waals surface area contributed by atoms with Gasteiger partial charge >= 0.3 is 0 Å². The van der Waals surface area contributed by atoms with Crippen molar-refractivity contribution in [3.8, 4) is 0 Å². The van der Waals surface area contributed by atoms with Crippen LogP contribution in [0.1, 0.15) is 26.2 Å². The number of hydrogen-bond donors (Lipinski definition) is 1. The van der Waals surface area contributed by atoms with E-state index in [0.29, 0.717) is 6.10 Å². The second kappa shape index (κ2) is 4.52.